The van der Waals surface area contributed by atoms with Crippen LogP contribution in [0.5, 0.6) is 11.5 Å². The van der Waals surface area contributed by atoms with E-state index in [2.05, 4.69) is 30.7 Å². The average Bonchev–Trinajstić information content (AvgIpc) is 2.45. The maximum Gasteiger partial charge on any atom is 0.164 e. The van der Waals surface area contributed by atoms with Crippen molar-refractivity contribution >= 4 is 11.6 Å². The van der Waals surface area contributed by atoms with E-state index in [-0.39, 0.29) is 5.41 Å². The van der Waals surface area contributed by atoms with Crippen molar-refractivity contribution in [2.75, 3.05) is 14.2 Å². The van der Waals surface area contributed by atoms with Crippen molar-refractivity contribution < 1.29 is 9.47 Å². The highest BCUT2D eigenvalue weighted by molar-refractivity contribution is 6.29. The number of halogens is 1. The third kappa shape index (κ3) is 3.45. The Labute approximate surface area is 130 Å². The quantitative estimate of drug-likeness (QED) is 0.800. The lowest BCUT2D eigenvalue weighted by Crippen LogP contribution is -2.14. The first-order chi connectivity index (χ1) is 9.85. The van der Waals surface area contributed by atoms with Crippen LogP contribution >= 0.6 is 11.6 Å². The van der Waals surface area contributed by atoms with E-state index < -0.39 is 0 Å². The summed E-state index contributed by atoms with van der Waals surface area (Å²) in [4.78, 5) is 8.94. The Hall–Kier alpha value is -1.81. The molecular formula is C16H19ClN2O2. The van der Waals surface area contributed by atoms with Crippen LogP contribution in [0.3, 0.4) is 0 Å². The highest BCUT2D eigenvalue weighted by Gasteiger charge is 2.19. The number of rotatable bonds is 3. The zero-order valence-corrected chi connectivity index (χ0v) is 13.7. The first-order valence-electron chi connectivity index (χ1n) is 6.62. The van der Waals surface area contributed by atoms with E-state index in [9.17, 15) is 0 Å². The number of methoxy groups -OCH3 is 2. The third-order valence-electron chi connectivity index (χ3n) is 3.11. The number of nitrogens with zero attached hydrogens (tertiary/aromatic N) is 2. The third-order valence-corrected chi connectivity index (χ3v) is 3.31. The molecule has 4 nitrogen and oxygen atoms in total. The van der Waals surface area contributed by atoms with Crippen LogP contribution in [0.25, 0.3) is 11.4 Å². The first-order valence-corrected chi connectivity index (χ1v) is 7.00. The van der Waals surface area contributed by atoms with E-state index in [4.69, 9.17) is 21.1 Å². The Morgan fingerprint density at radius 2 is 1.71 bits per heavy atom. The van der Waals surface area contributed by atoms with Gasteiger partial charge in [-0.2, -0.15) is 0 Å². The summed E-state index contributed by atoms with van der Waals surface area (Å²) in [5, 5.41) is 0.419. The second-order valence-corrected chi connectivity index (χ2v) is 6.10. The van der Waals surface area contributed by atoms with Crippen LogP contribution in [0.4, 0.5) is 0 Å². The van der Waals surface area contributed by atoms with Gasteiger partial charge in [0.15, 0.2) is 5.82 Å². The van der Waals surface area contributed by atoms with Crippen molar-refractivity contribution in [3.05, 3.63) is 35.1 Å². The van der Waals surface area contributed by atoms with E-state index >= 15 is 0 Å². The van der Waals surface area contributed by atoms with E-state index in [1.807, 2.05) is 12.1 Å². The zero-order valence-electron chi connectivity index (χ0n) is 12.9. The average molecular weight is 307 g/mol. The molecule has 0 atom stereocenters. The predicted molar refractivity (Wildman–Crippen MR) is 84.3 cm³/mol. The SMILES string of the molecule is COc1ccc(-c2nc(Cl)cc(C(C)(C)C)n2)c(OC)c1. The van der Waals surface area contributed by atoms with Crippen molar-refractivity contribution in [2.24, 2.45) is 0 Å². The van der Waals surface area contributed by atoms with Crippen LogP contribution in [-0.2, 0) is 5.41 Å². The molecular weight excluding hydrogens is 288 g/mol. The summed E-state index contributed by atoms with van der Waals surface area (Å²) in [5.74, 6) is 1.91. The fourth-order valence-corrected chi connectivity index (χ4v) is 2.09. The summed E-state index contributed by atoms with van der Waals surface area (Å²) in [5.41, 5.74) is 1.56. The monoisotopic (exact) mass is 306 g/mol. The lowest BCUT2D eigenvalue weighted by atomic mass is 9.92. The second-order valence-electron chi connectivity index (χ2n) is 5.72. The van der Waals surface area contributed by atoms with Gasteiger partial charge in [0.25, 0.3) is 0 Å². The van der Waals surface area contributed by atoms with E-state index in [1.54, 1.807) is 26.4 Å². The topological polar surface area (TPSA) is 44.2 Å². The van der Waals surface area contributed by atoms with Crippen LogP contribution < -0.4 is 9.47 Å². The first kappa shape index (κ1) is 15.6. The molecule has 0 fully saturated rings. The van der Waals surface area contributed by atoms with Gasteiger partial charge in [-0.1, -0.05) is 32.4 Å². The van der Waals surface area contributed by atoms with Crippen molar-refractivity contribution in [1.82, 2.24) is 9.97 Å². The molecule has 1 aromatic heterocycles. The van der Waals surface area contributed by atoms with Crippen LogP contribution in [-0.4, -0.2) is 24.2 Å². The Balaban J connectivity index is 2.59. The summed E-state index contributed by atoms with van der Waals surface area (Å²) in [6.07, 6.45) is 0. The molecule has 0 saturated carbocycles. The van der Waals surface area contributed by atoms with Crippen molar-refractivity contribution in [1.29, 1.82) is 0 Å². The van der Waals surface area contributed by atoms with Gasteiger partial charge in [-0.05, 0) is 18.2 Å². The molecule has 0 bridgehead atoms. The molecule has 1 heterocycles. The zero-order chi connectivity index (χ0) is 15.6. The second kappa shape index (κ2) is 5.90. The summed E-state index contributed by atoms with van der Waals surface area (Å²) in [7, 11) is 3.22. The Morgan fingerprint density at radius 1 is 1.00 bits per heavy atom. The van der Waals surface area contributed by atoms with Crippen molar-refractivity contribution in [2.45, 2.75) is 26.2 Å². The van der Waals surface area contributed by atoms with Crippen LogP contribution in [0.15, 0.2) is 24.3 Å². The molecule has 2 aromatic rings. The van der Waals surface area contributed by atoms with Crippen molar-refractivity contribution in [3.8, 4) is 22.9 Å². The number of hydrogen-bond acceptors (Lipinski definition) is 4. The van der Waals surface area contributed by atoms with Crippen LogP contribution in [0.1, 0.15) is 26.5 Å². The van der Waals surface area contributed by atoms with Crippen LogP contribution in [0.2, 0.25) is 5.15 Å². The van der Waals surface area contributed by atoms with Gasteiger partial charge < -0.3 is 9.47 Å². The molecule has 112 valence electrons. The molecule has 0 aliphatic rings. The van der Waals surface area contributed by atoms with Gasteiger partial charge in [0.2, 0.25) is 0 Å². The van der Waals surface area contributed by atoms with Crippen molar-refractivity contribution in [3.63, 3.8) is 0 Å². The van der Waals surface area contributed by atoms with Crippen LogP contribution in [0, 0.1) is 0 Å². The van der Waals surface area contributed by atoms with Gasteiger partial charge in [-0.25, -0.2) is 9.97 Å². The molecule has 0 spiro atoms. The molecule has 0 aliphatic heterocycles. The van der Waals surface area contributed by atoms with Gasteiger partial charge in [0.05, 0.1) is 25.5 Å². The van der Waals surface area contributed by atoms with Gasteiger partial charge in [-0.3, -0.25) is 0 Å². The molecule has 0 N–H and O–H groups in total. The molecule has 0 aliphatic carbocycles. The largest absolute Gasteiger partial charge is 0.497 e. The van der Waals surface area contributed by atoms with E-state index in [1.165, 1.54) is 0 Å². The Kier molecular flexibility index (Phi) is 4.37. The smallest absolute Gasteiger partial charge is 0.164 e. The molecule has 0 saturated heterocycles. The minimum atomic E-state index is -0.110. The molecule has 1 aromatic carbocycles. The highest BCUT2D eigenvalue weighted by atomic mass is 35.5. The fourth-order valence-electron chi connectivity index (χ4n) is 1.91. The molecule has 0 radical (unpaired) electrons. The summed E-state index contributed by atoms with van der Waals surface area (Å²) < 4.78 is 10.6. The maximum atomic E-state index is 6.14. The highest BCUT2D eigenvalue weighted by Crippen LogP contribution is 2.33. The lowest BCUT2D eigenvalue weighted by molar-refractivity contribution is 0.395. The molecule has 21 heavy (non-hydrogen) atoms. The van der Waals surface area contributed by atoms with Gasteiger partial charge in [0, 0.05) is 11.5 Å². The summed E-state index contributed by atoms with van der Waals surface area (Å²) in [6, 6.07) is 7.31. The molecule has 0 amide bonds. The van der Waals surface area contributed by atoms with E-state index in [0.717, 1.165) is 11.3 Å². The summed E-state index contributed by atoms with van der Waals surface area (Å²) in [6.45, 7) is 6.25. The molecule has 5 heteroatoms. The number of ether oxygens (including phenoxy) is 2. The normalized spacial score (nSPS) is 11.3. The summed E-state index contributed by atoms with van der Waals surface area (Å²) >= 11 is 6.14. The standard InChI is InChI=1S/C16H19ClN2O2/c1-16(2,3)13-9-14(17)19-15(18-13)11-7-6-10(20-4)8-12(11)21-5/h6-9H,1-5H3. The fraction of sp³-hybridized carbons (Fsp3) is 0.375. The molecule has 2 rings (SSSR count). The minimum absolute atomic E-state index is 0.110. The van der Waals surface area contributed by atoms with Gasteiger partial charge >= 0.3 is 0 Å². The molecule has 0 unspecified atom stereocenters. The predicted octanol–water partition coefficient (Wildman–Crippen LogP) is 4.11. The maximum absolute atomic E-state index is 6.14. The number of aromatic nitrogens is 2. The Bertz CT molecular complexity index is 651. The lowest BCUT2D eigenvalue weighted by Gasteiger charge is -2.19. The number of hydrogen-bond donors (Lipinski definition) is 0. The Morgan fingerprint density at radius 3 is 2.29 bits per heavy atom. The number of benzene rings is 1. The van der Waals surface area contributed by atoms with Gasteiger partial charge in [0.1, 0.15) is 16.7 Å². The van der Waals surface area contributed by atoms with E-state index in [0.29, 0.717) is 22.5 Å². The minimum Gasteiger partial charge on any atom is -0.497 e. The van der Waals surface area contributed by atoms with Gasteiger partial charge in [-0.15, -0.1) is 0 Å².